The molecule has 1 amide bonds. The van der Waals surface area contributed by atoms with Crippen LogP contribution in [-0.2, 0) is 9.47 Å². The first-order valence-electron chi connectivity index (χ1n) is 12.7. The van der Waals surface area contributed by atoms with E-state index in [0.29, 0.717) is 48.0 Å². The number of aromatic nitrogens is 3. The van der Waals surface area contributed by atoms with Gasteiger partial charge in [0.15, 0.2) is 0 Å². The summed E-state index contributed by atoms with van der Waals surface area (Å²) < 4.78 is 11.2. The summed E-state index contributed by atoms with van der Waals surface area (Å²) in [6, 6.07) is 7.91. The van der Waals surface area contributed by atoms with E-state index < -0.39 is 0 Å². The number of ether oxygens (including phenoxy) is 2. The van der Waals surface area contributed by atoms with Crippen molar-refractivity contribution in [3.05, 3.63) is 42.2 Å². The van der Waals surface area contributed by atoms with Crippen LogP contribution in [0.4, 0.5) is 11.8 Å². The molecular weight excluding hydrogens is 456 g/mol. The molecule has 9 nitrogen and oxygen atoms in total. The number of nitrogens with one attached hydrogen (secondary N) is 1. The molecular formula is C27H34N6O3. The van der Waals surface area contributed by atoms with E-state index in [-0.39, 0.29) is 18.1 Å². The maximum absolute atomic E-state index is 13.1. The minimum absolute atomic E-state index is 0.0147. The summed E-state index contributed by atoms with van der Waals surface area (Å²) in [5.41, 5.74) is 9.30. The Balaban J connectivity index is 1.38. The fourth-order valence-corrected chi connectivity index (χ4v) is 5.26. The van der Waals surface area contributed by atoms with Crippen LogP contribution in [0.25, 0.3) is 22.0 Å². The van der Waals surface area contributed by atoms with Gasteiger partial charge in [0.2, 0.25) is 5.95 Å². The van der Waals surface area contributed by atoms with Crippen molar-refractivity contribution >= 4 is 28.6 Å². The van der Waals surface area contributed by atoms with E-state index in [1.807, 2.05) is 43.0 Å². The molecule has 3 heterocycles. The molecule has 2 aliphatic rings. The number of nitrogens with two attached hydrogens (primary N) is 1. The van der Waals surface area contributed by atoms with Gasteiger partial charge in [0.1, 0.15) is 5.82 Å². The van der Waals surface area contributed by atoms with Gasteiger partial charge in [-0.3, -0.25) is 4.79 Å². The number of morpholine rings is 1. The Bertz CT molecular complexity index is 1220. The van der Waals surface area contributed by atoms with Crippen molar-refractivity contribution in [3.8, 4) is 11.1 Å². The molecule has 36 heavy (non-hydrogen) atoms. The van der Waals surface area contributed by atoms with E-state index in [4.69, 9.17) is 20.2 Å². The number of carbonyl (C=O) groups excluding carboxylic acids is 1. The van der Waals surface area contributed by atoms with E-state index in [1.165, 1.54) is 0 Å². The van der Waals surface area contributed by atoms with E-state index >= 15 is 0 Å². The number of carbonyl (C=O) groups is 1. The molecule has 0 radical (unpaired) electrons. The molecule has 3 aromatic rings. The lowest BCUT2D eigenvalue weighted by atomic mass is 9.93. The topological polar surface area (TPSA) is 115 Å². The number of amides is 1. The predicted octanol–water partition coefficient (Wildman–Crippen LogP) is 3.89. The lowest BCUT2D eigenvalue weighted by Gasteiger charge is -2.35. The highest BCUT2D eigenvalue weighted by molar-refractivity contribution is 5.99. The zero-order valence-corrected chi connectivity index (χ0v) is 21.1. The SMILES string of the molecule is COC1CCC(Nc2ncc3c(N)ncc(-c4ccc(C(=O)N5C[C@@H](C)O[C@@H](C)C5)cc4)c3n2)CC1. The standard InChI is InChI=1S/C27H34N6O3/c1-16-14-33(15-17(2)36-16)26(34)19-6-4-18(5-7-19)22-12-29-25(28)23-13-30-27(32-24(22)23)31-20-8-10-21(35-3)11-9-20/h4-7,12-13,16-17,20-21H,8-11,14-15H2,1-3H3,(H2,28,29)(H,30,31,32)/t16-,17+,20?,21?. The predicted molar refractivity (Wildman–Crippen MR) is 140 cm³/mol. The highest BCUT2D eigenvalue weighted by Gasteiger charge is 2.27. The fourth-order valence-electron chi connectivity index (χ4n) is 5.26. The van der Waals surface area contributed by atoms with E-state index in [0.717, 1.165) is 42.3 Å². The Morgan fingerprint density at radius 3 is 2.42 bits per heavy atom. The first kappa shape index (κ1) is 24.4. The summed E-state index contributed by atoms with van der Waals surface area (Å²) in [5, 5.41) is 4.19. The average molecular weight is 491 g/mol. The van der Waals surface area contributed by atoms with E-state index in [2.05, 4.69) is 15.3 Å². The third-order valence-corrected chi connectivity index (χ3v) is 7.14. The molecule has 1 aliphatic heterocycles. The van der Waals surface area contributed by atoms with Crippen LogP contribution >= 0.6 is 0 Å². The van der Waals surface area contributed by atoms with Gasteiger partial charge in [0.25, 0.3) is 5.91 Å². The Morgan fingerprint density at radius 2 is 1.75 bits per heavy atom. The Morgan fingerprint density at radius 1 is 1.06 bits per heavy atom. The molecule has 2 aromatic heterocycles. The molecule has 9 heteroatoms. The number of fused-ring (bicyclic) bond motifs is 1. The molecule has 1 saturated heterocycles. The number of hydrogen-bond donors (Lipinski definition) is 2. The third-order valence-electron chi connectivity index (χ3n) is 7.14. The van der Waals surface area contributed by atoms with Gasteiger partial charge in [-0.05, 0) is 57.2 Å². The summed E-state index contributed by atoms with van der Waals surface area (Å²) >= 11 is 0. The van der Waals surface area contributed by atoms with Crippen molar-refractivity contribution in [2.75, 3.05) is 31.2 Å². The third kappa shape index (κ3) is 5.12. The van der Waals surface area contributed by atoms with Crippen LogP contribution in [0.2, 0.25) is 0 Å². The maximum Gasteiger partial charge on any atom is 0.254 e. The summed E-state index contributed by atoms with van der Waals surface area (Å²) in [6.07, 6.45) is 7.94. The van der Waals surface area contributed by atoms with Crippen LogP contribution < -0.4 is 11.1 Å². The second kappa shape index (κ2) is 10.4. The Labute approximate surface area is 211 Å². The normalized spacial score (nSPS) is 24.6. The van der Waals surface area contributed by atoms with E-state index in [1.54, 1.807) is 19.5 Å². The number of hydrogen-bond acceptors (Lipinski definition) is 8. The number of benzene rings is 1. The fraction of sp³-hybridized carbons (Fsp3) is 0.481. The molecule has 1 aliphatic carbocycles. The molecule has 1 aromatic carbocycles. The number of rotatable bonds is 5. The van der Waals surface area contributed by atoms with Crippen LogP contribution in [0, 0.1) is 0 Å². The maximum atomic E-state index is 13.1. The molecule has 190 valence electrons. The average Bonchev–Trinajstić information content (AvgIpc) is 2.88. The molecule has 2 fully saturated rings. The highest BCUT2D eigenvalue weighted by atomic mass is 16.5. The smallest absolute Gasteiger partial charge is 0.254 e. The van der Waals surface area contributed by atoms with Crippen molar-refractivity contribution in [3.63, 3.8) is 0 Å². The number of nitrogens with zero attached hydrogens (tertiary/aromatic N) is 4. The lowest BCUT2D eigenvalue weighted by molar-refractivity contribution is -0.0586. The zero-order chi connectivity index (χ0) is 25.2. The van der Waals surface area contributed by atoms with Gasteiger partial charge in [-0.25, -0.2) is 15.0 Å². The molecule has 0 unspecified atom stereocenters. The van der Waals surface area contributed by atoms with Crippen LogP contribution in [0.3, 0.4) is 0 Å². The van der Waals surface area contributed by atoms with Gasteiger partial charge in [0, 0.05) is 49.8 Å². The second-order valence-corrected chi connectivity index (χ2v) is 9.91. The van der Waals surface area contributed by atoms with Crippen molar-refractivity contribution in [1.82, 2.24) is 19.9 Å². The monoisotopic (exact) mass is 490 g/mol. The number of anilines is 2. The molecule has 1 saturated carbocycles. The van der Waals surface area contributed by atoms with Crippen LogP contribution in [0.1, 0.15) is 49.9 Å². The quantitative estimate of drug-likeness (QED) is 0.553. The summed E-state index contributed by atoms with van der Waals surface area (Å²) in [4.78, 5) is 28.6. The van der Waals surface area contributed by atoms with Crippen molar-refractivity contribution in [1.29, 1.82) is 0 Å². The molecule has 5 rings (SSSR count). The molecule has 0 spiro atoms. The Kier molecular flexibility index (Phi) is 7.02. The minimum Gasteiger partial charge on any atom is -0.383 e. The number of pyridine rings is 1. The van der Waals surface area contributed by atoms with Gasteiger partial charge in [-0.15, -0.1) is 0 Å². The lowest BCUT2D eigenvalue weighted by Crippen LogP contribution is -2.48. The molecule has 0 bridgehead atoms. The molecule has 2 atom stereocenters. The van der Waals surface area contributed by atoms with Crippen molar-refractivity contribution in [2.45, 2.75) is 63.9 Å². The van der Waals surface area contributed by atoms with Crippen LogP contribution in [0.15, 0.2) is 36.7 Å². The van der Waals surface area contributed by atoms with Gasteiger partial charge in [-0.2, -0.15) is 0 Å². The summed E-state index contributed by atoms with van der Waals surface area (Å²) in [5.74, 6) is 0.988. The highest BCUT2D eigenvalue weighted by Crippen LogP contribution is 2.31. The summed E-state index contributed by atoms with van der Waals surface area (Å²) in [6.45, 7) is 5.18. The van der Waals surface area contributed by atoms with Crippen molar-refractivity contribution in [2.24, 2.45) is 0 Å². The van der Waals surface area contributed by atoms with Gasteiger partial charge >= 0.3 is 0 Å². The first-order chi connectivity index (χ1) is 17.4. The first-order valence-corrected chi connectivity index (χ1v) is 12.7. The molecule has 3 N–H and O–H groups in total. The zero-order valence-electron chi connectivity index (χ0n) is 21.1. The van der Waals surface area contributed by atoms with Crippen LogP contribution in [0.5, 0.6) is 0 Å². The van der Waals surface area contributed by atoms with Crippen LogP contribution in [-0.4, -0.2) is 70.3 Å². The Hall–Kier alpha value is -3.30. The van der Waals surface area contributed by atoms with Gasteiger partial charge < -0.3 is 25.4 Å². The van der Waals surface area contributed by atoms with Crippen molar-refractivity contribution < 1.29 is 14.3 Å². The van der Waals surface area contributed by atoms with Gasteiger partial charge in [-0.1, -0.05) is 12.1 Å². The number of methoxy groups -OCH3 is 1. The second-order valence-electron chi connectivity index (χ2n) is 9.91. The van der Waals surface area contributed by atoms with Gasteiger partial charge in [0.05, 0.1) is 29.2 Å². The summed E-state index contributed by atoms with van der Waals surface area (Å²) in [7, 11) is 1.77. The van der Waals surface area contributed by atoms with E-state index in [9.17, 15) is 4.79 Å². The number of nitrogen functional groups attached to an aromatic ring is 1. The minimum atomic E-state index is 0.0147. The largest absolute Gasteiger partial charge is 0.383 e.